The zero-order valence-electron chi connectivity index (χ0n) is 19.1. The van der Waals surface area contributed by atoms with Crippen molar-refractivity contribution in [2.45, 2.75) is 19.9 Å². The summed E-state index contributed by atoms with van der Waals surface area (Å²) in [6.45, 7) is 6.84. The largest absolute Gasteiger partial charge is 0.503 e. The Morgan fingerprint density at radius 2 is 1.85 bits per heavy atom. The molecule has 0 bridgehead atoms. The van der Waals surface area contributed by atoms with Crippen LogP contribution >= 0.6 is 0 Å². The third kappa shape index (κ3) is 4.12. The number of carbonyl (C=O) groups excluding carboxylic acids is 2. The average Bonchev–Trinajstić information content (AvgIpc) is 3.39. The van der Waals surface area contributed by atoms with Gasteiger partial charge in [-0.05, 0) is 30.8 Å². The maximum atomic E-state index is 13.6. The third-order valence-electron chi connectivity index (χ3n) is 6.17. The van der Waals surface area contributed by atoms with Gasteiger partial charge in [-0.15, -0.1) is 0 Å². The molecule has 0 saturated heterocycles. The van der Waals surface area contributed by atoms with Crippen LogP contribution in [0.2, 0.25) is 0 Å². The highest BCUT2D eigenvalue weighted by Crippen LogP contribution is 2.40. The number of furan rings is 1. The van der Waals surface area contributed by atoms with Gasteiger partial charge in [-0.1, -0.05) is 56.3 Å². The summed E-state index contributed by atoms with van der Waals surface area (Å²) < 4.78 is 11.2. The second-order valence-electron chi connectivity index (χ2n) is 7.92. The Bertz CT molecular complexity index is 1190. The number of benzene rings is 2. The van der Waals surface area contributed by atoms with E-state index in [2.05, 4.69) is 18.7 Å². The van der Waals surface area contributed by atoms with E-state index in [1.807, 2.05) is 42.5 Å². The van der Waals surface area contributed by atoms with E-state index in [1.54, 1.807) is 17.0 Å². The van der Waals surface area contributed by atoms with Crippen LogP contribution in [0.15, 0.2) is 70.3 Å². The van der Waals surface area contributed by atoms with Crippen LogP contribution in [-0.2, 0) is 4.79 Å². The van der Waals surface area contributed by atoms with Crippen LogP contribution in [0.4, 0.5) is 0 Å². The molecule has 2 heterocycles. The molecule has 7 nitrogen and oxygen atoms in total. The standard InChI is InChI=1S/C26H28N2O5/c1-4-27(5-2)14-15-28-22(17-10-7-6-8-11-17)21(24(30)26(28)31)23(29)20-16-18-12-9-13-19(32-3)25(18)33-20/h6-13,16,22,30H,4-5,14-15H2,1-3H3. The molecule has 1 aliphatic rings. The number of ketones is 1. The molecule has 172 valence electrons. The van der Waals surface area contributed by atoms with Crippen LogP contribution in [0.25, 0.3) is 11.0 Å². The molecule has 0 aliphatic carbocycles. The molecule has 3 aromatic rings. The van der Waals surface area contributed by atoms with Crippen molar-refractivity contribution in [1.29, 1.82) is 0 Å². The van der Waals surface area contributed by atoms with Crippen LogP contribution in [0.1, 0.15) is 36.0 Å². The van der Waals surface area contributed by atoms with E-state index in [9.17, 15) is 14.7 Å². The van der Waals surface area contributed by atoms with Gasteiger partial charge in [0, 0.05) is 18.5 Å². The van der Waals surface area contributed by atoms with Crippen molar-refractivity contribution in [2.24, 2.45) is 0 Å². The highest BCUT2D eigenvalue weighted by molar-refractivity contribution is 6.16. The number of likely N-dealkylation sites (N-methyl/N-ethyl adjacent to an activating group) is 1. The predicted octanol–water partition coefficient (Wildman–Crippen LogP) is 4.36. The first-order valence-electron chi connectivity index (χ1n) is 11.1. The summed E-state index contributed by atoms with van der Waals surface area (Å²) in [7, 11) is 1.53. The lowest BCUT2D eigenvalue weighted by Gasteiger charge is -2.29. The Kier molecular flexibility index (Phi) is 6.51. The summed E-state index contributed by atoms with van der Waals surface area (Å²) in [4.78, 5) is 30.5. The Morgan fingerprint density at radius 3 is 2.52 bits per heavy atom. The zero-order valence-corrected chi connectivity index (χ0v) is 19.1. The lowest BCUT2D eigenvalue weighted by atomic mass is 9.95. The molecule has 0 saturated carbocycles. The van der Waals surface area contributed by atoms with Crippen molar-refractivity contribution < 1.29 is 23.8 Å². The van der Waals surface area contributed by atoms with Crippen molar-refractivity contribution in [2.75, 3.05) is 33.3 Å². The summed E-state index contributed by atoms with van der Waals surface area (Å²) in [5.74, 6) is -1.03. The topological polar surface area (TPSA) is 83.2 Å². The van der Waals surface area contributed by atoms with Gasteiger partial charge in [-0.3, -0.25) is 9.59 Å². The number of hydrogen-bond donors (Lipinski definition) is 1. The molecular weight excluding hydrogens is 420 g/mol. The van der Waals surface area contributed by atoms with Crippen LogP contribution in [-0.4, -0.2) is 59.9 Å². The molecule has 0 spiro atoms. The van der Waals surface area contributed by atoms with E-state index < -0.39 is 23.5 Å². The SMILES string of the molecule is CCN(CC)CCN1C(=O)C(O)=C(C(=O)c2cc3cccc(OC)c3o2)C1c1ccccc1. The molecular formula is C26H28N2O5. The number of hydrogen-bond acceptors (Lipinski definition) is 6. The van der Waals surface area contributed by atoms with E-state index in [4.69, 9.17) is 9.15 Å². The minimum atomic E-state index is -0.697. The predicted molar refractivity (Wildman–Crippen MR) is 125 cm³/mol. The summed E-state index contributed by atoms with van der Waals surface area (Å²) in [5.41, 5.74) is 1.23. The number of ether oxygens (including phenoxy) is 1. The normalized spacial score (nSPS) is 16.3. The molecule has 1 aromatic heterocycles. The number of fused-ring (bicyclic) bond motifs is 1. The van der Waals surface area contributed by atoms with E-state index >= 15 is 0 Å². The highest BCUT2D eigenvalue weighted by atomic mass is 16.5. The Balaban J connectivity index is 1.75. The first kappa shape index (κ1) is 22.6. The second-order valence-corrected chi connectivity index (χ2v) is 7.92. The summed E-state index contributed by atoms with van der Waals surface area (Å²) in [6, 6.07) is 15.6. The number of aliphatic hydroxyl groups is 1. The maximum absolute atomic E-state index is 13.6. The lowest BCUT2D eigenvalue weighted by Crippen LogP contribution is -2.38. The summed E-state index contributed by atoms with van der Waals surface area (Å²) in [6.07, 6.45) is 0. The molecule has 1 atom stereocenters. The summed E-state index contributed by atoms with van der Waals surface area (Å²) in [5, 5.41) is 11.5. The van der Waals surface area contributed by atoms with Gasteiger partial charge in [0.05, 0.1) is 18.7 Å². The fourth-order valence-corrected chi connectivity index (χ4v) is 4.33. The van der Waals surface area contributed by atoms with Gasteiger partial charge >= 0.3 is 0 Å². The van der Waals surface area contributed by atoms with Crippen LogP contribution < -0.4 is 4.74 Å². The first-order valence-corrected chi connectivity index (χ1v) is 11.1. The number of amides is 1. The van der Waals surface area contributed by atoms with E-state index in [-0.39, 0.29) is 11.3 Å². The van der Waals surface area contributed by atoms with Gasteiger partial charge in [-0.2, -0.15) is 0 Å². The van der Waals surface area contributed by atoms with Gasteiger partial charge in [0.15, 0.2) is 22.9 Å². The van der Waals surface area contributed by atoms with Crippen molar-refractivity contribution >= 4 is 22.7 Å². The molecule has 1 N–H and O–H groups in total. The van der Waals surface area contributed by atoms with Crippen LogP contribution in [0.5, 0.6) is 5.75 Å². The van der Waals surface area contributed by atoms with E-state index in [0.29, 0.717) is 29.8 Å². The monoisotopic (exact) mass is 448 g/mol. The number of Topliss-reactive ketones (excluding diaryl/α,β-unsaturated/α-hetero) is 1. The number of para-hydroxylation sites is 1. The molecule has 7 heteroatoms. The van der Waals surface area contributed by atoms with E-state index in [1.165, 1.54) is 7.11 Å². The molecule has 2 aromatic carbocycles. The number of nitrogens with zero attached hydrogens (tertiary/aromatic N) is 2. The number of rotatable bonds is 9. The quantitative estimate of drug-likeness (QED) is 0.490. The zero-order chi connectivity index (χ0) is 23.5. The van der Waals surface area contributed by atoms with Crippen molar-refractivity contribution in [3.05, 3.63) is 77.3 Å². The van der Waals surface area contributed by atoms with Gasteiger partial charge < -0.3 is 24.1 Å². The van der Waals surface area contributed by atoms with Crippen LogP contribution in [0.3, 0.4) is 0 Å². The minimum absolute atomic E-state index is 0.0313. The van der Waals surface area contributed by atoms with Gasteiger partial charge in [0.25, 0.3) is 5.91 Å². The Labute approximate surface area is 192 Å². The maximum Gasteiger partial charge on any atom is 0.290 e. The molecule has 33 heavy (non-hydrogen) atoms. The lowest BCUT2D eigenvalue weighted by molar-refractivity contribution is -0.129. The smallest absolute Gasteiger partial charge is 0.290 e. The number of aliphatic hydroxyl groups excluding tert-OH is 1. The second kappa shape index (κ2) is 9.50. The number of carbonyl (C=O) groups is 2. The molecule has 4 rings (SSSR count). The highest BCUT2D eigenvalue weighted by Gasteiger charge is 2.44. The van der Waals surface area contributed by atoms with Crippen molar-refractivity contribution in [3.8, 4) is 5.75 Å². The Hall–Kier alpha value is -3.58. The van der Waals surface area contributed by atoms with Gasteiger partial charge in [0.2, 0.25) is 5.78 Å². The van der Waals surface area contributed by atoms with Gasteiger partial charge in [-0.25, -0.2) is 0 Å². The molecule has 1 unspecified atom stereocenters. The average molecular weight is 449 g/mol. The van der Waals surface area contributed by atoms with Crippen molar-refractivity contribution in [1.82, 2.24) is 9.80 Å². The first-order chi connectivity index (χ1) is 16.0. The fourth-order valence-electron chi connectivity index (χ4n) is 4.33. The fraction of sp³-hybridized carbons (Fsp3) is 0.308. The van der Waals surface area contributed by atoms with Crippen molar-refractivity contribution in [3.63, 3.8) is 0 Å². The summed E-state index contributed by atoms with van der Waals surface area (Å²) >= 11 is 0. The molecule has 0 radical (unpaired) electrons. The Morgan fingerprint density at radius 1 is 1.12 bits per heavy atom. The van der Waals surface area contributed by atoms with E-state index in [0.717, 1.165) is 18.7 Å². The molecule has 1 aliphatic heterocycles. The van der Waals surface area contributed by atoms with Crippen LogP contribution in [0, 0.1) is 0 Å². The molecule has 1 amide bonds. The van der Waals surface area contributed by atoms with Gasteiger partial charge in [0.1, 0.15) is 0 Å². The number of methoxy groups -OCH3 is 1. The third-order valence-corrected chi connectivity index (χ3v) is 6.17. The molecule has 0 fully saturated rings. The minimum Gasteiger partial charge on any atom is -0.503 e.